The zero-order valence-electron chi connectivity index (χ0n) is 7.02. The van der Waals surface area contributed by atoms with Crippen molar-refractivity contribution in [3.05, 3.63) is 0 Å². The predicted molar refractivity (Wildman–Crippen MR) is 39.3 cm³/mol. The molecule has 0 aliphatic heterocycles. The number of carboxylic acids is 1. The highest BCUT2D eigenvalue weighted by molar-refractivity contribution is 5.81. The molecule has 0 saturated heterocycles. The molecule has 0 rings (SSSR count). The molecule has 8 heteroatoms. The molecule has 0 spiro atoms. The Morgan fingerprint density at radius 3 is 2.29 bits per heavy atom. The molecule has 0 aromatic rings. The molecule has 0 radical (unpaired) electrons. The van der Waals surface area contributed by atoms with Gasteiger partial charge in [-0.15, -0.1) is 0 Å². The average Bonchev–Trinajstić information content (AvgIpc) is 2.01. The van der Waals surface area contributed by atoms with Gasteiger partial charge in [0, 0.05) is 6.54 Å². The summed E-state index contributed by atoms with van der Waals surface area (Å²) in [5.41, 5.74) is 0. The molecule has 5 nitrogen and oxygen atoms in total. The maximum atomic E-state index is 11.6. The van der Waals surface area contributed by atoms with Gasteiger partial charge in [0.15, 0.2) is 0 Å². The van der Waals surface area contributed by atoms with Crippen LogP contribution in [0.5, 0.6) is 0 Å². The predicted octanol–water partition coefficient (Wildman–Crippen LogP) is -0.313. The summed E-state index contributed by atoms with van der Waals surface area (Å²) in [4.78, 5) is 20.1. The second-order valence-electron chi connectivity index (χ2n) is 2.32. The van der Waals surface area contributed by atoms with Gasteiger partial charge in [0.2, 0.25) is 0 Å². The lowest BCUT2D eigenvalue weighted by molar-refractivity contribution is -0.173. The highest BCUT2D eigenvalue weighted by atomic mass is 19.4. The van der Waals surface area contributed by atoms with E-state index in [9.17, 15) is 22.8 Å². The van der Waals surface area contributed by atoms with Crippen LogP contribution < -0.4 is 10.6 Å². The van der Waals surface area contributed by atoms with E-state index in [-0.39, 0.29) is 13.0 Å². The monoisotopic (exact) mass is 214 g/mol. The molecule has 3 N–H and O–H groups in total. The van der Waals surface area contributed by atoms with Crippen molar-refractivity contribution in [2.45, 2.75) is 12.6 Å². The molecule has 0 aliphatic carbocycles. The van der Waals surface area contributed by atoms with Gasteiger partial charge < -0.3 is 10.4 Å². The summed E-state index contributed by atoms with van der Waals surface area (Å²) in [5.74, 6) is -3.13. The standard InChI is InChI=1S/C6H9F3N2O3/c7-6(8,9)5(14)11-3-10-2-1-4(12)13/h10H,1-3H2,(H,11,14)(H,12,13). The third-order valence-corrected chi connectivity index (χ3v) is 1.15. The molecule has 14 heavy (non-hydrogen) atoms. The lowest BCUT2D eigenvalue weighted by Crippen LogP contribution is -2.42. The Hall–Kier alpha value is -1.31. The molecule has 1 amide bonds. The van der Waals surface area contributed by atoms with Crippen LogP contribution in [0.2, 0.25) is 0 Å². The first kappa shape index (κ1) is 12.7. The van der Waals surface area contributed by atoms with Crippen molar-refractivity contribution in [1.29, 1.82) is 0 Å². The zero-order chi connectivity index (χ0) is 11.2. The van der Waals surface area contributed by atoms with Gasteiger partial charge >= 0.3 is 18.1 Å². The van der Waals surface area contributed by atoms with Gasteiger partial charge in [-0.05, 0) is 0 Å². The number of rotatable bonds is 5. The molecule has 0 heterocycles. The quantitative estimate of drug-likeness (QED) is 0.433. The van der Waals surface area contributed by atoms with Gasteiger partial charge in [-0.1, -0.05) is 0 Å². The highest BCUT2D eigenvalue weighted by Crippen LogP contribution is 2.13. The van der Waals surface area contributed by atoms with E-state index in [2.05, 4.69) is 5.32 Å². The summed E-state index contributed by atoms with van der Waals surface area (Å²) in [6.45, 7) is -0.418. The van der Waals surface area contributed by atoms with Crippen molar-refractivity contribution in [3.63, 3.8) is 0 Å². The minimum absolute atomic E-state index is 0.00648. The number of carbonyl (C=O) groups excluding carboxylic acids is 1. The van der Waals surface area contributed by atoms with E-state index in [4.69, 9.17) is 5.11 Å². The Morgan fingerprint density at radius 2 is 1.86 bits per heavy atom. The lowest BCUT2D eigenvalue weighted by Gasteiger charge is -2.07. The number of amides is 1. The van der Waals surface area contributed by atoms with Crippen LogP contribution >= 0.6 is 0 Å². The maximum Gasteiger partial charge on any atom is 0.471 e. The summed E-state index contributed by atoms with van der Waals surface area (Å²) in [6, 6.07) is 0. The fourth-order valence-electron chi connectivity index (χ4n) is 0.527. The van der Waals surface area contributed by atoms with Crippen molar-refractivity contribution in [2.24, 2.45) is 0 Å². The molecule has 0 saturated carbocycles. The lowest BCUT2D eigenvalue weighted by atomic mass is 10.4. The molecule has 0 aromatic carbocycles. The van der Waals surface area contributed by atoms with E-state index < -0.39 is 24.7 Å². The number of hydrogen-bond donors (Lipinski definition) is 3. The van der Waals surface area contributed by atoms with Crippen molar-refractivity contribution < 1.29 is 27.9 Å². The number of carbonyl (C=O) groups is 2. The summed E-state index contributed by atoms with van der Waals surface area (Å²) in [5, 5.41) is 12.0. The molecule has 0 bridgehead atoms. The fraction of sp³-hybridized carbons (Fsp3) is 0.667. The molecule has 0 aromatic heterocycles. The minimum atomic E-state index is -4.91. The Morgan fingerprint density at radius 1 is 1.29 bits per heavy atom. The number of aliphatic carboxylic acids is 1. The van der Waals surface area contributed by atoms with E-state index in [1.807, 2.05) is 0 Å². The van der Waals surface area contributed by atoms with Gasteiger partial charge in [-0.2, -0.15) is 13.2 Å². The van der Waals surface area contributed by atoms with E-state index >= 15 is 0 Å². The second kappa shape index (κ2) is 5.43. The van der Waals surface area contributed by atoms with E-state index in [0.29, 0.717) is 0 Å². The summed E-state index contributed by atoms with van der Waals surface area (Å²) < 4.78 is 34.7. The highest BCUT2D eigenvalue weighted by Gasteiger charge is 2.38. The molecular formula is C6H9F3N2O3. The molecule has 0 fully saturated rings. The Labute approximate surface area is 77.3 Å². The summed E-state index contributed by atoms with van der Waals surface area (Å²) in [6.07, 6.45) is -5.13. The number of hydrogen-bond acceptors (Lipinski definition) is 3. The minimum Gasteiger partial charge on any atom is -0.481 e. The van der Waals surface area contributed by atoms with Crippen LogP contribution in [0.3, 0.4) is 0 Å². The molecular weight excluding hydrogens is 205 g/mol. The van der Waals surface area contributed by atoms with E-state index in [0.717, 1.165) is 0 Å². The average molecular weight is 214 g/mol. The maximum absolute atomic E-state index is 11.6. The normalized spacial score (nSPS) is 11.1. The number of alkyl halides is 3. The van der Waals surface area contributed by atoms with Crippen LogP contribution in [0.4, 0.5) is 13.2 Å². The fourth-order valence-corrected chi connectivity index (χ4v) is 0.527. The second-order valence-corrected chi connectivity index (χ2v) is 2.32. The first-order valence-electron chi connectivity index (χ1n) is 3.61. The smallest absolute Gasteiger partial charge is 0.471 e. The number of carboxylic acid groups (broad SMARTS) is 1. The Bertz CT molecular complexity index is 217. The van der Waals surface area contributed by atoms with E-state index in [1.54, 1.807) is 0 Å². The first-order chi connectivity index (χ1) is 6.34. The van der Waals surface area contributed by atoms with Crippen LogP contribution in [0.15, 0.2) is 0 Å². The van der Waals surface area contributed by atoms with Gasteiger partial charge in [0.1, 0.15) is 0 Å². The molecule has 82 valence electrons. The van der Waals surface area contributed by atoms with Crippen molar-refractivity contribution >= 4 is 11.9 Å². The summed E-state index contributed by atoms with van der Waals surface area (Å²) >= 11 is 0. The third kappa shape index (κ3) is 6.23. The SMILES string of the molecule is O=C(O)CCNCNC(=O)C(F)(F)F. The van der Waals surface area contributed by atoms with Gasteiger partial charge in [0.05, 0.1) is 13.1 Å². The van der Waals surface area contributed by atoms with Crippen LogP contribution in [-0.2, 0) is 9.59 Å². The van der Waals surface area contributed by atoms with Gasteiger partial charge in [0.25, 0.3) is 0 Å². The first-order valence-corrected chi connectivity index (χ1v) is 3.61. The third-order valence-electron chi connectivity index (χ3n) is 1.15. The topological polar surface area (TPSA) is 78.4 Å². The molecule has 0 unspecified atom stereocenters. The number of nitrogens with one attached hydrogen (secondary N) is 2. The largest absolute Gasteiger partial charge is 0.481 e. The zero-order valence-corrected chi connectivity index (χ0v) is 7.02. The van der Waals surface area contributed by atoms with E-state index in [1.165, 1.54) is 5.32 Å². The molecule has 0 aliphatic rings. The van der Waals surface area contributed by atoms with Gasteiger partial charge in [-0.25, -0.2) is 0 Å². The van der Waals surface area contributed by atoms with Crippen LogP contribution in [0.1, 0.15) is 6.42 Å². The van der Waals surface area contributed by atoms with Crippen LogP contribution in [0.25, 0.3) is 0 Å². The van der Waals surface area contributed by atoms with Crippen LogP contribution in [-0.4, -0.2) is 36.4 Å². The van der Waals surface area contributed by atoms with Gasteiger partial charge in [-0.3, -0.25) is 14.9 Å². The Balaban J connectivity index is 3.46. The Kier molecular flexibility index (Phi) is 4.92. The van der Waals surface area contributed by atoms with Crippen molar-refractivity contribution in [3.8, 4) is 0 Å². The number of halogens is 3. The van der Waals surface area contributed by atoms with Crippen LogP contribution in [0, 0.1) is 0 Å². The summed E-state index contributed by atoms with van der Waals surface area (Å²) in [7, 11) is 0. The van der Waals surface area contributed by atoms with Crippen molar-refractivity contribution in [1.82, 2.24) is 10.6 Å². The molecule has 0 atom stereocenters. The van der Waals surface area contributed by atoms with Crippen molar-refractivity contribution in [2.75, 3.05) is 13.2 Å².